The third kappa shape index (κ3) is 3.68. The van der Waals surface area contributed by atoms with Crippen LogP contribution in [0.2, 0.25) is 0 Å². The predicted octanol–water partition coefficient (Wildman–Crippen LogP) is 1.70. The van der Waals surface area contributed by atoms with Crippen LogP contribution in [-0.4, -0.2) is 33.9 Å². The highest BCUT2D eigenvalue weighted by atomic mass is 79.9. The maximum absolute atomic E-state index is 5.50. The number of nitrogens with two attached hydrogens (primary N) is 1. The summed E-state index contributed by atoms with van der Waals surface area (Å²) in [4.78, 5) is 0. The van der Waals surface area contributed by atoms with Gasteiger partial charge in [-0.25, -0.2) is 4.68 Å². The standard InChI is InChI=1S/C11H14BrN5OS/c1-18-10-3-2-8(6-9(10)12)7-19-11-14-15-16-17(11)5-4-13/h2-3,6H,4-5,7,13H2,1H3. The first-order chi connectivity index (χ1) is 9.24. The molecule has 0 amide bonds. The number of halogens is 1. The van der Waals surface area contributed by atoms with E-state index in [1.54, 1.807) is 23.6 Å². The Balaban J connectivity index is 2.02. The molecule has 0 aliphatic rings. The van der Waals surface area contributed by atoms with Gasteiger partial charge in [-0.1, -0.05) is 17.8 Å². The smallest absolute Gasteiger partial charge is 0.209 e. The summed E-state index contributed by atoms with van der Waals surface area (Å²) in [5, 5.41) is 12.3. The third-order valence-electron chi connectivity index (χ3n) is 2.42. The van der Waals surface area contributed by atoms with Crippen molar-refractivity contribution in [2.24, 2.45) is 5.73 Å². The highest BCUT2D eigenvalue weighted by molar-refractivity contribution is 9.10. The van der Waals surface area contributed by atoms with E-state index in [1.807, 2.05) is 18.2 Å². The maximum atomic E-state index is 5.50. The summed E-state index contributed by atoms with van der Waals surface area (Å²) in [6.07, 6.45) is 0. The highest BCUT2D eigenvalue weighted by Gasteiger charge is 2.07. The quantitative estimate of drug-likeness (QED) is 0.804. The molecule has 102 valence electrons. The maximum Gasteiger partial charge on any atom is 0.209 e. The van der Waals surface area contributed by atoms with Crippen LogP contribution in [-0.2, 0) is 12.3 Å². The fourth-order valence-electron chi connectivity index (χ4n) is 1.51. The summed E-state index contributed by atoms with van der Waals surface area (Å²) >= 11 is 5.05. The van der Waals surface area contributed by atoms with E-state index in [-0.39, 0.29) is 0 Å². The minimum atomic E-state index is 0.521. The van der Waals surface area contributed by atoms with Gasteiger partial charge in [0.1, 0.15) is 5.75 Å². The lowest BCUT2D eigenvalue weighted by Gasteiger charge is -2.06. The minimum Gasteiger partial charge on any atom is -0.496 e. The van der Waals surface area contributed by atoms with Gasteiger partial charge < -0.3 is 10.5 Å². The summed E-state index contributed by atoms with van der Waals surface area (Å²) in [5.41, 5.74) is 6.67. The van der Waals surface area contributed by atoms with E-state index in [2.05, 4.69) is 31.5 Å². The van der Waals surface area contributed by atoms with Crippen LogP contribution in [0.25, 0.3) is 0 Å². The largest absolute Gasteiger partial charge is 0.496 e. The van der Waals surface area contributed by atoms with Crippen molar-refractivity contribution in [3.8, 4) is 5.75 Å². The lowest BCUT2D eigenvalue weighted by atomic mass is 10.2. The Morgan fingerprint density at radius 1 is 1.47 bits per heavy atom. The predicted molar refractivity (Wildman–Crippen MR) is 77.1 cm³/mol. The fourth-order valence-corrected chi connectivity index (χ4v) is 2.94. The second-order valence-electron chi connectivity index (χ2n) is 3.73. The Morgan fingerprint density at radius 3 is 3.00 bits per heavy atom. The first-order valence-electron chi connectivity index (χ1n) is 5.66. The number of hydrogen-bond acceptors (Lipinski definition) is 6. The molecule has 2 aromatic rings. The molecular weight excluding hydrogens is 330 g/mol. The number of tetrazole rings is 1. The number of hydrogen-bond donors (Lipinski definition) is 1. The molecule has 0 fully saturated rings. The van der Waals surface area contributed by atoms with Crippen LogP contribution >= 0.6 is 27.7 Å². The van der Waals surface area contributed by atoms with Gasteiger partial charge in [-0.05, 0) is 44.1 Å². The summed E-state index contributed by atoms with van der Waals surface area (Å²) < 4.78 is 7.85. The van der Waals surface area contributed by atoms with E-state index < -0.39 is 0 Å². The molecule has 0 bridgehead atoms. The monoisotopic (exact) mass is 343 g/mol. The van der Waals surface area contributed by atoms with Crippen molar-refractivity contribution in [2.45, 2.75) is 17.5 Å². The second-order valence-corrected chi connectivity index (χ2v) is 5.53. The van der Waals surface area contributed by atoms with Gasteiger partial charge in [0, 0.05) is 12.3 Å². The molecule has 0 saturated carbocycles. The molecule has 1 aromatic carbocycles. The molecule has 19 heavy (non-hydrogen) atoms. The molecule has 8 heteroatoms. The van der Waals surface area contributed by atoms with Gasteiger partial charge in [-0.15, -0.1) is 5.10 Å². The fraction of sp³-hybridized carbons (Fsp3) is 0.364. The lowest BCUT2D eigenvalue weighted by molar-refractivity contribution is 0.412. The zero-order valence-corrected chi connectivity index (χ0v) is 12.8. The van der Waals surface area contributed by atoms with Crippen molar-refractivity contribution in [2.75, 3.05) is 13.7 Å². The molecule has 1 aromatic heterocycles. The van der Waals surface area contributed by atoms with Crippen LogP contribution < -0.4 is 10.5 Å². The molecule has 0 aliphatic heterocycles. The number of methoxy groups -OCH3 is 1. The van der Waals surface area contributed by atoms with Crippen LogP contribution in [0.4, 0.5) is 0 Å². The Kier molecular flexibility index (Phi) is 5.17. The van der Waals surface area contributed by atoms with Gasteiger partial charge in [-0.2, -0.15) is 0 Å². The number of nitrogens with zero attached hydrogens (tertiary/aromatic N) is 4. The Hall–Kier alpha value is -1.12. The lowest BCUT2D eigenvalue weighted by Crippen LogP contribution is -2.12. The third-order valence-corrected chi connectivity index (χ3v) is 4.07. The van der Waals surface area contributed by atoms with Crippen LogP contribution in [0.5, 0.6) is 5.75 Å². The Labute approximate surface area is 123 Å². The number of thioether (sulfide) groups is 1. The Bertz CT molecular complexity index is 548. The van der Waals surface area contributed by atoms with Crippen LogP contribution in [0.15, 0.2) is 27.8 Å². The molecule has 0 aliphatic carbocycles. The summed E-state index contributed by atoms with van der Waals surface area (Å²) in [6.45, 7) is 1.15. The van der Waals surface area contributed by atoms with E-state index in [4.69, 9.17) is 10.5 Å². The first-order valence-corrected chi connectivity index (χ1v) is 7.44. The summed E-state index contributed by atoms with van der Waals surface area (Å²) in [7, 11) is 1.65. The van der Waals surface area contributed by atoms with Gasteiger partial charge >= 0.3 is 0 Å². The summed E-state index contributed by atoms with van der Waals surface area (Å²) in [5.74, 6) is 1.61. The van der Waals surface area contributed by atoms with E-state index >= 15 is 0 Å². The van der Waals surface area contributed by atoms with E-state index in [0.29, 0.717) is 13.1 Å². The normalized spacial score (nSPS) is 10.7. The minimum absolute atomic E-state index is 0.521. The highest BCUT2D eigenvalue weighted by Crippen LogP contribution is 2.28. The van der Waals surface area contributed by atoms with Crippen LogP contribution in [0, 0.1) is 0 Å². The van der Waals surface area contributed by atoms with E-state index in [1.165, 1.54) is 5.56 Å². The zero-order valence-electron chi connectivity index (χ0n) is 10.4. The topological polar surface area (TPSA) is 78.9 Å². The van der Waals surface area contributed by atoms with E-state index in [0.717, 1.165) is 21.1 Å². The number of ether oxygens (including phenoxy) is 1. The SMILES string of the molecule is COc1ccc(CSc2nnnn2CCN)cc1Br. The van der Waals surface area contributed by atoms with Gasteiger partial charge in [-0.3, -0.25) is 0 Å². The molecule has 2 N–H and O–H groups in total. The van der Waals surface area contributed by atoms with Crippen molar-refractivity contribution in [3.05, 3.63) is 28.2 Å². The molecule has 2 rings (SSSR count). The van der Waals surface area contributed by atoms with E-state index in [9.17, 15) is 0 Å². The van der Waals surface area contributed by atoms with Crippen molar-refractivity contribution in [1.29, 1.82) is 0 Å². The number of aromatic nitrogens is 4. The average Bonchev–Trinajstić information content (AvgIpc) is 2.84. The summed E-state index contributed by atoms with van der Waals surface area (Å²) in [6, 6.07) is 5.99. The molecule has 0 unspecified atom stereocenters. The first kappa shape index (κ1) is 14.3. The molecule has 1 heterocycles. The molecule has 6 nitrogen and oxygen atoms in total. The number of rotatable bonds is 6. The van der Waals surface area contributed by atoms with Crippen molar-refractivity contribution in [1.82, 2.24) is 20.2 Å². The average molecular weight is 344 g/mol. The van der Waals surface area contributed by atoms with Crippen LogP contribution in [0.1, 0.15) is 5.56 Å². The second kappa shape index (κ2) is 6.88. The Morgan fingerprint density at radius 2 is 2.32 bits per heavy atom. The van der Waals surface area contributed by atoms with Crippen LogP contribution in [0.3, 0.4) is 0 Å². The van der Waals surface area contributed by atoms with Crippen molar-refractivity contribution in [3.63, 3.8) is 0 Å². The molecule has 0 radical (unpaired) electrons. The van der Waals surface area contributed by atoms with Gasteiger partial charge in [0.05, 0.1) is 18.1 Å². The molecule has 0 atom stereocenters. The molecule has 0 spiro atoms. The van der Waals surface area contributed by atoms with Crippen molar-refractivity contribution >= 4 is 27.7 Å². The molecule has 0 saturated heterocycles. The van der Waals surface area contributed by atoms with Gasteiger partial charge in [0.2, 0.25) is 5.16 Å². The zero-order chi connectivity index (χ0) is 13.7. The van der Waals surface area contributed by atoms with Gasteiger partial charge in [0.15, 0.2) is 0 Å². The molecular formula is C11H14BrN5OS. The van der Waals surface area contributed by atoms with Crippen molar-refractivity contribution < 1.29 is 4.74 Å². The number of benzene rings is 1. The van der Waals surface area contributed by atoms with Gasteiger partial charge in [0.25, 0.3) is 0 Å².